The highest BCUT2D eigenvalue weighted by Gasteiger charge is 2.43. The molecule has 3 amide bonds. The molecule has 35 heavy (non-hydrogen) atoms. The third-order valence-electron chi connectivity index (χ3n) is 6.50. The van der Waals surface area contributed by atoms with E-state index in [1.54, 1.807) is 38.2 Å². The number of nitrogens with zero attached hydrogens (tertiary/aromatic N) is 1. The fourth-order valence-corrected chi connectivity index (χ4v) is 4.34. The van der Waals surface area contributed by atoms with Crippen molar-refractivity contribution in [2.45, 2.75) is 58.2 Å². The molecule has 1 fully saturated rings. The Morgan fingerprint density at radius 3 is 2.34 bits per heavy atom. The van der Waals surface area contributed by atoms with Gasteiger partial charge >= 0.3 is 0 Å². The molecule has 188 valence electrons. The van der Waals surface area contributed by atoms with Crippen LogP contribution in [-0.2, 0) is 14.4 Å². The van der Waals surface area contributed by atoms with Crippen LogP contribution in [0.1, 0.15) is 51.6 Å². The van der Waals surface area contributed by atoms with Gasteiger partial charge in [-0.15, -0.1) is 0 Å². The number of methoxy groups -OCH3 is 2. The minimum atomic E-state index is -0.707. The number of ether oxygens (including phenoxy) is 2. The van der Waals surface area contributed by atoms with Gasteiger partial charge in [-0.05, 0) is 57.0 Å². The zero-order chi connectivity index (χ0) is 25.5. The van der Waals surface area contributed by atoms with Crippen molar-refractivity contribution in [3.05, 3.63) is 54.1 Å². The van der Waals surface area contributed by atoms with Gasteiger partial charge in [-0.1, -0.05) is 25.1 Å². The highest BCUT2D eigenvalue weighted by Crippen LogP contribution is 2.43. The van der Waals surface area contributed by atoms with Gasteiger partial charge < -0.3 is 25.0 Å². The van der Waals surface area contributed by atoms with Crippen LogP contribution in [0.2, 0.25) is 0 Å². The van der Waals surface area contributed by atoms with E-state index in [-0.39, 0.29) is 30.2 Å². The van der Waals surface area contributed by atoms with Crippen molar-refractivity contribution >= 4 is 23.4 Å². The minimum absolute atomic E-state index is 0.0149. The highest BCUT2D eigenvalue weighted by atomic mass is 16.5. The third-order valence-corrected chi connectivity index (χ3v) is 6.50. The molecule has 0 bridgehead atoms. The van der Waals surface area contributed by atoms with Gasteiger partial charge in [0.05, 0.1) is 26.2 Å². The number of hydrogen-bond donors (Lipinski definition) is 2. The van der Waals surface area contributed by atoms with Crippen molar-refractivity contribution in [3.8, 4) is 11.5 Å². The van der Waals surface area contributed by atoms with Crippen molar-refractivity contribution in [1.82, 2.24) is 10.6 Å². The van der Waals surface area contributed by atoms with Crippen LogP contribution >= 0.6 is 0 Å². The predicted octanol–water partition coefficient (Wildman–Crippen LogP) is 3.61. The summed E-state index contributed by atoms with van der Waals surface area (Å²) in [6.07, 6.45) is 1.37. The predicted molar refractivity (Wildman–Crippen MR) is 134 cm³/mol. The number of amides is 3. The van der Waals surface area contributed by atoms with Crippen LogP contribution in [0.25, 0.3) is 0 Å². The van der Waals surface area contributed by atoms with E-state index in [0.717, 1.165) is 12.0 Å². The summed E-state index contributed by atoms with van der Waals surface area (Å²) in [7, 11) is 3.15. The summed E-state index contributed by atoms with van der Waals surface area (Å²) in [6.45, 7) is 5.57. The van der Waals surface area contributed by atoms with E-state index >= 15 is 0 Å². The molecule has 1 aliphatic rings. The molecule has 2 N–H and O–H groups in total. The summed E-state index contributed by atoms with van der Waals surface area (Å²) in [6, 6.07) is 13.3. The monoisotopic (exact) mass is 481 g/mol. The van der Waals surface area contributed by atoms with Crippen molar-refractivity contribution < 1.29 is 23.9 Å². The molecule has 4 unspecified atom stereocenters. The molecule has 1 heterocycles. The molecule has 0 saturated carbocycles. The van der Waals surface area contributed by atoms with Crippen LogP contribution in [0, 0.1) is 5.92 Å². The Morgan fingerprint density at radius 1 is 1.03 bits per heavy atom. The molecule has 8 nitrogen and oxygen atoms in total. The molecule has 2 aromatic carbocycles. The van der Waals surface area contributed by atoms with E-state index in [0.29, 0.717) is 23.6 Å². The lowest BCUT2D eigenvalue weighted by Crippen LogP contribution is -2.53. The van der Waals surface area contributed by atoms with Gasteiger partial charge in [0.1, 0.15) is 17.5 Å². The minimum Gasteiger partial charge on any atom is -0.497 e. The maximum absolute atomic E-state index is 13.5. The molecule has 3 rings (SSSR count). The van der Waals surface area contributed by atoms with Crippen LogP contribution in [0.5, 0.6) is 11.5 Å². The van der Waals surface area contributed by atoms with Gasteiger partial charge in [-0.25, -0.2) is 0 Å². The van der Waals surface area contributed by atoms with Crippen LogP contribution in [-0.4, -0.2) is 44.0 Å². The molecule has 1 saturated heterocycles. The number of hydrogen-bond acceptors (Lipinski definition) is 5. The van der Waals surface area contributed by atoms with Gasteiger partial charge in [0.25, 0.3) is 0 Å². The Hall–Kier alpha value is -3.55. The van der Waals surface area contributed by atoms with Crippen LogP contribution < -0.4 is 25.0 Å². The quantitative estimate of drug-likeness (QED) is 0.570. The lowest BCUT2D eigenvalue weighted by Gasteiger charge is -2.41. The molecule has 0 radical (unpaired) electrons. The van der Waals surface area contributed by atoms with Gasteiger partial charge in [0, 0.05) is 23.7 Å². The fourth-order valence-electron chi connectivity index (χ4n) is 4.34. The van der Waals surface area contributed by atoms with Crippen LogP contribution in [0.3, 0.4) is 0 Å². The van der Waals surface area contributed by atoms with E-state index in [1.165, 1.54) is 0 Å². The Balaban J connectivity index is 1.98. The largest absolute Gasteiger partial charge is 0.497 e. The Labute approximate surface area is 207 Å². The number of carbonyl (C=O) groups is 3. The van der Waals surface area contributed by atoms with Gasteiger partial charge in [0.15, 0.2) is 0 Å². The molecule has 8 heteroatoms. The molecule has 1 aliphatic heterocycles. The summed E-state index contributed by atoms with van der Waals surface area (Å²) in [4.78, 5) is 41.0. The van der Waals surface area contributed by atoms with Crippen molar-refractivity contribution in [2.24, 2.45) is 5.92 Å². The zero-order valence-electron chi connectivity index (χ0n) is 21.0. The van der Waals surface area contributed by atoms with Crippen LogP contribution in [0.15, 0.2) is 48.5 Å². The summed E-state index contributed by atoms with van der Waals surface area (Å²) >= 11 is 0. The van der Waals surface area contributed by atoms with Crippen molar-refractivity contribution in [3.63, 3.8) is 0 Å². The Kier molecular flexibility index (Phi) is 8.73. The number of anilines is 1. The zero-order valence-corrected chi connectivity index (χ0v) is 21.0. The number of benzene rings is 2. The highest BCUT2D eigenvalue weighted by molar-refractivity contribution is 5.98. The summed E-state index contributed by atoms with van der Waals surface area (Å²) in [5.74, 6) is 0.0790. The average molecular weight is 482 g/mol. The van der Waals surface area contributed by atoms with Crippen molar-refractivity contribution in [1.29, 1.82) is 0 Å². The first-order valence-electron chi connectivity index (χ1n) is 12.0. The summed E-state index contributed by atoms with van der Waals surface area (Å²) < 4.78 is 10.9. The van der Waals surface area contributed by atoms with Gasteiger partial charge in [-0.2, -0.15) is 0 Å². The normalized spacial score (nSPS) is 19.5. The second-order valence-corrected chi connectivity index (χ2v) is 8.84. The van der Waals surface area contributed by atoms with E-state index in [1.807, 2.05) is 50.2 Å². The Morgan fingerprint density at radius 2 is 1.71 bits per heavy atom. The molecular weight excluding hydrogens is 446 g/mol. The van der Waals surface area contributed by atoms with Crippen LogP contribution in [0.4, 0.5) is 5.69 Å². The van der Waals surface area contributed by atoms with E-state index < -0.39 is 18.0 Å². The molecular formula is C27H35N3O5. The molecule has 0 spiro atoms. The molecule has 0 aliphatic carbocycles. The summed E-state index contributed by atoms with van der Waals surface area (Å²) in [5.41, 5.74) is 1.39. The molecule has 4 atom stereocenters. The SMILES string of the molecule is CCC(C)NC(=O)C(C)NC(=O)C1CCC(=O)N(c2ccc(OC)cc2)C1c1ccccc1OC. The number of rotatable bonds is 9. The number of para-hydroxylation sites is 1. The van der Waals surface area contributed by atoms with E-state index in [9.17, 15) is 14.4 Å². The van der Waals surface area contributed by atoms with Gasteiger partial charge in [-0.3, -0.25) is 14.4 Å². The smallest absolute Gasteiger partial charge is 0.242 e. The maximum Gasteiger partial charge on any atom is 0.242 e. The fraction of sp³-hybridized carbons (Fsp3) is 0.444. The lowest BCUT2D eigenvalue weighted by atomic mass is 9.82. The number of piperidine rings is 1. The first kappa shape index (κ1) is 26.1. The first-order valence-corrected chi connectivity index (χ1v) is 12.0. The molecule has 0 aromatic heterocycles. The summed E-state index contributed by atoms with van der Waals surface area (Å²) in [5, 5.41) is 5.77. The Bertz CT molecular complexity index is 1040. The molecule has 2 aromatic rings. The topological polar surface area (TPSA) is 97.0 Å². The van der Waals surface area contributed by atoms with E-state index in [4.69, 9.17) is 9.47 Å². The second kappa shape index (κ2) is 11.7. The average Bonchev–Trinajstić information content (AvgIpc) is 2.88. The third kappa shape index (κ3) is 5.93. The standard InChI is InChI=1S/C27H35N3O5/c1-6-17(2)28-26(32)18(3)29-27(33)22-15-16-24(31)30(19-11-13-20(34-4)14-12-19)25(22)21-9-7-8-10-23(21)35-5/h7-14,17-18,22,25H,6,15-16H2,1-5H3,(H,28,32)(H,29,33). The first-order chi connectivity index (χ1) is 16.8. The maximum atomic E-state index is 13.5. The second-order valence-electron chi connectivity index (χ2n) is 8.84. The lowest BCUT2D eigenvalue weighted by molar-refractivity contribution is -0.133. The van der Waals surface area contributed by atoms with E-state index in [2.05, 4.69) is 10.6 Å². The number of nitrogens with one attached hydrogen (secondary N) is 2. The van der Waals surface area contributed by atoms with Crippen molar-refractivity contribution in [2.75, 3.05) is 19.1 Å². The van der Waals surface area contributed by atoms with Gasteiger partial charge in [0.2, 0.25) is 17.7 Å². The number of carbonyl (C=O) groups excluding carboxylic acids is 3.